The number of ether oxygens (including phenoxy) is 1. The molecule has 2 aromatic heterocycles. The third-order valence-corrected chi connectivity index (χ3v) is 4.79. The molecule has 1 aromatic carbocycles. The fourth-order valence-electron chi connectivity index (χ4n) is 3.47. The van der Waals surface area contributed by atoms with Crippen molar-refractivity contribution in [2.45, 2.75) is 12.5 Å². The smallest absolute Gasteiger partial charge is 0.118 e. The summed E-state index contributed by atoms with van der Waals surface area (Å²) in [4.78, 5) is 14.6. The van der Waals surface area contributed by atoms with Crippen LogP contribution in [-0.4, -0.2) is 40.1 Å². The highest BCUT2D eigenvalue weighted by molar-refractivity contribution is 5.50. The lowest BCUT2D eigenvalue weighted by atomic mass is 9.97. The third-order valence-electron chi connectivity index (χ3n) is 4.79. The molecule has 0 radical (unpaired) electrons. The molecule has 0 bridgehead atoms. The number of fused-ring (bicyclic) bond motifs is 1. The van der Waals surface area contributed by atoms with E-state index in [0.717, 1.165) is 31.0 Å². The Bertz CT molecular complexity index is 871. The molecule has 0 amide bonds. The summed E-state index contributed by atoms with van der Waals surface area (Å²) in [5.41, 5.74) is 4.69. The highest BCUT2D eigenvalue weighted by Gasteiger charge is 2.30. The number of H-pyrrole nitrogens is 1. The normalized spacial score (nSPS) is 17.3. The van der Waals surface area contributed by atoms with Gasteiger partial charge in [0.25, 0.3) is 0 Å². The zero-order valence-corrected chi connectivity index (χ0v) is 14.8. The zero-order chi connectivity index (χ0) is 17.8. The predicted molar refractivity (Wildman–Crippen MR) is 102 cm³/mol. The summed E-state index contributed by atoms with van der Waals surface area (Å²) in [5, 5.41) is 0. The summed E-state index contributed by atoms with van der Waals surface area (Å²) in [6.07, 6.45) is 10.9. The monoisotopic (exact) mass is 346 g/mol. The minimum atomic E-state index is 0.138. The molecule has 0 aliphatic carbocycles. The van der Waals surface area contributed by atoms with Crippen LogP contribution in [0, 0.1) is 0 Å². The van der Waals surface area contributed by atoms with E-state index in [2.05, 4.69) is 50.2 Å². The molecule has 1 aliphatic heterocycles. The molecule has 1 unspecified atom stereocenters. The van der Waals surface area contributed by atoms with Crippen LogP contribution >= 0.6 is 0 Å². The van der Waals surface area contributed by atoms with Crippen molar-refractivity contribution in [2.24, 2.45) is 0 Å². The largest absolute Gasteiger partial charge is 0.497 e. The molecule has 132 valence electrons. The van der Waals surface area contributed by atoms with E-state index < -0.39 is 0 Å². The Morgan fingerprint density at radius 3 is 2.92 bits per heavy atom. The quantitative estimate of drug-likeness (QED) is 0.768. The molecule has 0 spiro atoms. The SMILES string of the molecule is COc1ccc(C=CCN2CCc3[nH]cnc3C2c2cccnc2)cc1. The predicted octanol–water partition coefficient (Wildman–Crippen LogP) is 3.47. The fraction of sp³-hybridized carbons (Fsp3) is 0.238. The number of aromatic amines is 1. The van der Waals surface area contributed by atoms with E-state index in [0.29, 0.717) is 0 Å². The molecule has 5 nitrogen and oxygen atoms in total. The van der Waals surface area contributed by atoms with Crippen molar-refractivity contribution in [3.63, 3.8) is 0 Å². The second-order valence-corrected chi connectivity index (χ2v) is 6.38. The van der Waals surface area contributed by atoms with Crippen LogP contribution in [0.3, 0.4) is 0 Å². The van der Waals surface area contributed by atoms with Gasteiger partial charge in [0.1, 0.15) is 5.75 Å². The van der Waals surface area contributed by atoms with Gasteiger partial charge in [0.05, 0.1) is 25.2 Å². The van der Waals surface area contributed by atoms with Gasteiger partial charge in [-0.05, 0) is 29.3 Å². The Morgan fingerprint density at radius 1 is 1.27 bits per heavy atom. The second kappa shape index (κ2) is 7.54. The topological polar surface area (TPSA) is 54.0 Å². The number of pyridine rings is 1. The zero-order valence-electron chi connectivity index (χ0n) is 14.8. The Morgan fingerprint density at radius 2 is 2.15 bits per heavy atom. The van der Waals surface area contributed by atoms with Crippen LogP contribution in [0.2, 0.25) is 0 Å². The van der Waals surface area contributed by atoms with Crippen molar-refractivity contribution in [3.05, 3.63) is 83.7 Å². The lowest BCUT2D eigenvalue weighted by Crippen LogP contribution is -2.36. The molecular weight excluding hydrogens is 324 g/mol. The van der Waals surface area contributed by atoms with E-state index in [1.807, 2.05) is 30.6 Å². The summed E-state index contributed by atoms with van der Waals surface area (Å²) >= 11 is 0. The van der Waals surface area contributed by atoms with Gasteiger partial charge in [-0.25, -0.2) is 4.98 Å². The summed E-state index contributed by atoms with van der Waals surface area (Å²) < 4.78 is 5.21. The molecule has 3 heterocycles. The van der Waals surface area contributed by atoms with Crippen molar-refractivity contribution in [1.82, 2.24) is 19.9 Å². The first-order valence-electron chi connectivity index (χ1n) is 8.82. The molecule has 3 aromatic rings. The molecule has 0 fully saturated rings. The van der Waals surface area contributed by atoms with Gasteiger partial charge in [0, 0.05) is 37.6 Å². The maximum Gasteiger partial charge on any atom is 0.118 e. The van der Waals surface area contributed by atoms with Crippen molar-refractivity contribution in [2.75, 3.05) is 20.2 Å². The van der Waals surface area contributed by atoms with Crippen molar-refractivity contribution in [3.8, 4) is 5.75 Å². The van der Waals surface area contributed by atoms with Crippen LogP contribution < -0.4 is 4.74 Å². The maximum absolute atomic E-state index is 5.21. The number of methoxy groups -OCH3 is 1. The Labute approximate surface area is 153 Å². The van der Waals surface area contributed by atoms with Crippen LogP contribution in [0.1, 0.15) is 28.6 Å². The first-order chi connectivity index (χ1) is 12.8. The lowest BCUT2D eigenvalue weighted by molar-refractivity contribution is 0.232. The van der Waals surface area contributed by atoms with Gasteiger partial charge in [-0.3, -0.25) is 9.88 Å². The minimum Gasteiger partial charge on any atom is -0.497 e. The van der Waals surface area contributed by atoms with Crippen molar-refractivity contribution >= 4 is 6.08 Å². The van der Waals surface area contributed by atoms with Crippen LogP contribution in [-0.2, 0) is 6.42 Å². The lowest BCUT2D eigenvalue weighted by Gasteiger charge is -2.34. The van der Waals surface area contributed by atoms with Gasteiger partial charge >= 0.3 is 0 Å². The second-order valence-electron chi connectivity index (χ2n) is 6.38. The number of nitrogens with zero attached hydrogens (tertiary/aromatic N) is 3. The molecule has 1 atom stereocenters. The molecule has 1 aliphatic rings. The molecule has 1 N–H and O–H groups in total. The number of rotatable bonds is 5. The molecule has 4 rings (SSSR count). The van der Waals surface area contributed by atoms with E-state index in [9.17, 15) is 0 Å². The Hall–Kier alpha value is -2.92. The highest BCUT2D eigenvalue weighted by atomic mass is 16.5. The van der Waals surface area contributed by atoms with Gasteiger partial charge < -0.3 is 9.72 Å². The van der Waals surface area contributed by atoms with Crippen LogP contribution in [0.5, 0.6) is 5.75 Å². The standard InChI is InChI=1S/C21H22N4O/c1-26-18-8-6-16(7-9-18)4-3-12-25-13-10-19-20(24-15-23-19)21(25)17-5-2-11-22-14-17/h2-9,11,14-15,21H,10,12-13H2,1H3,(H,23,24). The van der Waals surface area contributed by atoms with Gasteiger partial charge in [0.2, 0.25) is 0 Å². The van der Waals surface area contributed by atoms with Gasteiger partial charge in [-0.1, -0.05) is 30.4 Å². The number of hydrogen-bond donors (Lipinski definition) is 1. The summed E-state index contributed by atoms with van der Waals surface area (Å²) in [7, 11) is 1.68. The Balaban J connectivity index is 1.53. The first-order valence-corrected chi connectivity index (χ1v) is 8.82. The highest BCUT2D eigenvalue weighted by Crippen LogP contribution is 2.32. The first kappa shape index (κ1) is 16.5. The van der Waals surface area contributed by atoms with E-state index in [-0.39, 0.29) is 6.04 Å². The average molecular weight is 346 g/mol. The van der Waals surface area contributed by atoms with Crippen molar-refractivity contribution < 1.29 is 4.74 Å². The molecular formula is C21H22N4O. The fourth-order valence-corrected chi connectivity index (χ4v) is 3.47. The molecule has 0 saturated heterocycles. The number of aromatic nitrogens is 3. The Kier molecular flexibility index (Phi) is 4.80. The maximum atomic E-state index is 5.21. The number of benzene rings is 1. The number of nitrogens with one attached hydrogen (secondary N) is 1. The number of hydrogen-bond acceptors (Lipinski definition) is 4. The van der Waals surface area contributed by atoms with Crippen LogP contribution in [0.15, 0.2) is 61.2 Å². The van der Waals surface area contributed by atoms with Crippen molar-refractivity contribution in [1.29, 1.82) is 0 Å². The molecule has 26 heavy (non-hydrogen) atoms. The summed E-state index contributed by atoms with van der Waals surface area (Å²) in [6, 6.07) is 12.3. The van der Waals surface area contributed by atoms with E-state index in [1.54, 1.807) is 13.4 Å². The molecule has 5 heteroatoms. The van der Waals surface area contributed by atoms with E-state index in [1.165, 1.54) is 16.8 Å². The van der Waals surface area contributed by atoms with Gasteiger partial charge in [-0.15, -0.1) is 0 Å². The minimum absolute atomic E-state index is 0.138. The average Bonchev–Trinajstić information content (AvgIpc) is 3.18. The van der Waals surface area contributed by atoms with Gasteiger partial charge in [0.15, 0.2) is 0 Å². The van der Waals surface area contributed by atoms with Crippen LogP contribution in [0.25, 0.3) is 6.08 Å². The van der Waals surface area contributed by atoms with E-state index >= 15 is 0 Å². The summed E-state index contributed by atoms with van der Waals surface area (Å²) in [5.74, 6) is 0.876. The number of imidazole rings is 1. The van der Waals surface area contributed by atoms with Gasteiger partial charge in [-0.2, -0.15) is 0 Å². The van der Waals surface area contributed by atoms with E-state index in [4.69, 9.17) is 4.74 Å². The van der Waals surface area contributed by atoms with Crippen LogP contribution in [0.4, 0.5) is 0 Å². The third kappa shape index (κ3) is 3.39. The molecule has 0 saturated carbocycles. The summed E-state index contributed by atoms with van der Waals surface area (Å²) in [6.45, 7) is 1.85.